The summed E-state index contributed by atoms with van der Waals surface area (Å²) in [6.07, 6.45) is 3.81. The molecule has 28 heavy (non-hydrogen) atoms. The van der Waals surface area contributed by atoms with Crippen LogP contribution in [-0.4, -0.2) is 14.2 Å². The van der Waals surface area contributed by atoms with Crippen LogP contribution in [0.1, 0.15) is 16.7 Å². The minimum atomic E-state index is -0.376. The molecule has 140 valence electrons. The lowest BCUT2D eigenvalue weighted by molar-refractivity contribution is 0.402. The molecule has 0 amide bonds. The van der Waals surface area contributed by atoms with E-state index in [-0.39, 0.29) is 5.63 Å². The molecule has 3 aromatic carbocycles. The third-order valence-electron chi connectivity index (χ3n) is 4.90. The molecule has 1 heterocycles. The Morgan fingerprint density at radius 3 is 2.39 bits per heavy atom. The van der Waals surface area contributed by atoms with Crippen LogP contribution >= 0.6 is 0 Å². The van der Waals surface area contributed by atoms with Gasteiger partial charge in [0.05, 0.1) is 14.2 Å². The van der Waals surface area contributed by atoms with Gasteiger partial charge >= 0.3 is 5.63 Å². The van der Waals surface area contributed by atoms with Crippen molar-refractivity contribution in [1.82, 2.24) is 0 Å². The monoisotopic (exact) mass is 372 g/mol. The van der Waals surface area contributed by atoms with Crippen molar-refractivity contribution in [1.29, 1.82) is 0 Å². The summed E-state index contributed by atoms with van der Waals surface area (Å²) in [5.41, 5.74) is 3.02. The first kappa shape index (κ1) is 17.9. The van der Waals surface area contributed by atoms with Crippen molar-refractivity contribution in [2.24, 2.45) is 0 Å². The van der Waals surface area contributed by atoms with Crippen molar-refractivity contribution in [2.45, 2.75) is 6.92 Å². The fourth-order valence-electron chi connectivity index (χ4n) is 3.45. The lowest BCUT2D eigenvalue weighted by Crippen LogP contribution is -1.98. The zero-order valence-electron chi connectivity index (χ0n) is 16.0. The zero-order chi connectivity index (χ0) is 19.7. The number of methoxy groups -OCH3 is 2. The molecule has 0 saturated heterocycles. The summed E-state index contributed by atoms with van der Waals surface area (Å²) in [6.45, 7) is 2.05. The van der Waals surface area contributed by atoms with Crippen molar-refractivity contribution in [3.63, 3.8) is 0 Å². The third kappa shape index (κ3) is 3.14. The molecule has 0 saturated carbocycles. The molecular weight excluding hydrogens is 352 g/mol. The molecule has 4 rings (SSSR count). The maximum Gasteiger partial charge on any atom is 0.336 e. The second-order valence-electron chi connectivity index (χ2n) is 6.57. The average Bonchev–Trinajstić information content (AvgIpc) is 2.71. The zero-order valence-corrected chi connectivity index (χ0v) is 16.0. The Labute approximate surface area is 162 Å². The van der Waals surface area contributed by atoms with E-state index in [1.807, 2.05) is 61.5 Å². The Hall–Kier alpha value is -3.53. The van der Waals surface area contributed by atoms with Gasteiger partial charge in [0, 0.05) is 22.4 Å². The maximum atomic E-state index is 12.2. The van der Waals surface area contributed by atoms with Crippen LogP contribution in [-0.2, 0) is 0 Å². The van der Waals surface area contributed by atoms with Gasteiger partial charge in [0.15, 0.2) is 0 Å². The third-order valence-corrected chi connectivity index (χ3v) is 4.90. The number of rotatable bonds is 4. The quantitative estimate of drug-likeness (QED) is 0.353. The van der Waals surface area contributed by atoms with Crippen molar-refractivity contribution < 1.29 is 13.9 Å². The number of fused-ring (bicyclic) bond motifs is 3. The molecule has 0 aliphatic rings. The number of hydrogen-bond acceptors (Lipinski definition) is 4. The predicted molar refractivity (Wildman–Crippen MR) is 113 cm³/mol. The molecular formula is C24H20O4. The van der Waals surface area contributed by atoms with Gasteiger partial charge < -0.3 is 13.9 Å². The van der Waals surface area contributed by atoms with Gasteiger partial charge in [-0.05, 0) is 47.7 Å². The van der Waals surface area contributed by atoms with Crippen LogP contribution in [0, 0.1) is 6.92 Å². The molecule has 0 atom stereocenters. The van der Waals surface area contributed by atoms with E-state index in [2.05, 4.69) is 6.07 Å². The van der Waals surface area contributed by atoms with E-state index in [0.29, 0.717) is 5.58 Å². The van der Waals surface area contributed by atoms with Gasteiger partial charge in [-0.3, -0.25) is 0 Å². The summed E-state index contributed by atoms with van der Waals surface area (Å²) in [5.74, 6) is 1.46. The Morgan fingerprint density at radius 1 is 0.821 bits per heavy atom. The molecule has 4 aromatic rings. The highest BCUT2D eigenvalue weighted by atomic mass is 16.5. The summed E-state index contributed by atoms with van der Waals surface area (Å²) >= 11 is 0. The Balaban J connectivity index is 1.90. The lowest BCUT2D eigenvalue weighted by atomic mass is 10.0. The van der Waals surface area contributed by atoms with E-state index in [1.165, 1.54) is 6.07 Å². The Morgan fingerprint density at radius 2 is 1.61 bits per heavy atom. The van der Waals surface area contributed by atoms with Gasteiger partial charge in [0.1, 0.15) is 17.1 Å². The highest BCUT2D eigenvalue weighted by Crippen LogP contribution is 2.30. The highest BCUT2D eigenvalue weighted by molar-refractivity contribution is 6.07. The van der Waals surface area contributed by atoms with Crippen LogP contribution in [0.25, 0.3) is 33.9 Å². The molecule has 0 N–H and O–H groups in total. The largest absolute Gasteiger partial charge is 0.497 e. The molecule has 4 heteroatoms. The number of aryl methyl sites for hydroxylation is 1. The fraction of sp³-hybridized carbons (Fsp3) is 0.125. The minimum Gasteiger partial charge on any atom is -0.497 e. The summed E-state index contributed by atoms with van der Waals surface area (Å²) in [4.78, 5) is 12.2. The van der Waals surface area contributed by atoms with Crippen LogP contribution in [0.15, 0.2) is 63.8 Å². The molecule has 0 unspecified atom stereocenters. The molecule has 1 aromatic heterocycles. The number of hydrogen-bond donors (Lipinski definition) is 0. The van der Waals surface area contributed by atoms with E-state index < -0.39 is 0 Å². The number of ether oxygens (including phenoxy) is 2. The molecule has 0 aliphatic carbocycles. The molecule has 0 spiro atoms. The first-order valence-corrected chi connectivity index (χ1v) is 8.97. The Kier molecular flexibility index (Phi) is 4.62. The fourth-order valence-corrected chi connectivity index (χ4v) is 3.45. The summed E-state index contributed by atoms with van der Waals surface area (Å²) in [7, 11) is 3.25. The van der Waals surface area contributed by atoms with E-state index in [4.69, 9.17) is 13.9 Å². The van der Waals surface area contributed by atoms with Gasteiger partial charge in [0.25, 0.3) is 0 Å². The lowest BCUT2D eigenvalue weighted by Gasteiger charge is -2.08. The van der Waals surface area contributed by atoms with E-state index in [0.717, 1.165) is 44.3 Å². The number of benzene rings is 3. The predicted octanol–water partition coefficient (Wildman–Crippen LogP) is 5.44. The summed E-state index contributed by atoms with van der Waals surface area (Å²) < 4.78 is 16.3. The SMILES string of the molecule is COc1ccc(OC)c(/C=C/c2cc(=O)oc3c2ccc2c(C)cccc23)c1. The minimum absolute atomic E-state index is 0.376. The maximum absolute atomic E-state index is 12.2. The second-order valence-corrected chi connectivity index (χ2v) is 6.57. The molecule has 0 fully saturated rings. The van der Waals surface area contributed by atoms with Crippen molar-refractivity contribution in [3.05, 3.63) is 81.7 Å². The van der Waals surface area contributed by atoms with Crippen LogP contribution < -0.4 is 15.1 Å². The van der Waals surface area contributed by atoms with Crippen LogP contribution in [0.3, 0.4) is 0 Å². The van der Waals surface area contributed by atoms with Gasteiger partial charge in [-0.15, -0.1) is 0 Å². The topological polar surface area (TPSA) is 48.7 Å². The normalized spacial score (nSPS) is 11.4. The highest BCUT2D eigenvalue weighted by Gasteiger charge is 2.09. The Bertz CT molecular complexity index is 1270. The smallest absolute Gasteiger partial charge is 0.336 e. The van der Waals surface area contributed by atoms with Crippen LogP contribution in [0.5, 0.6) is 11.5 Å². The molecule has 0 bridgehead atoms. The molecule has 0 aliphatic heterocycles. The summed E-state index contributed by atoms with van der Waals surface area (Å²) in [5, 5.41) is 2.90. The van der Waals surface area contributed by atoms with Gasteiger partial charge in [0.2, 0.25) is 0 Å². The first-order valence-electron chi connectivity index (χ1n) is 8.97. The van der Waals surface area contributed by atoms with Gasteiger partial charge in [-0.1, -0.05) is 36.4 Å². The van der Waals surface area contributed by atoms with Crippen molar-refractivity contribution >= 4 is 33.9 Å². The van der Waals surface area contributed by atoms with Gasteiger partial charge in [-0.25, -0.2) is 4.79 Å². The second kappa shape index (κ2) is 7.24. The van der Waals surface area contributed by atoms with E-state index >= 15 is 0 Å². The van der Waals surface area contributed by atoms with Crippen LogP contribution in [0.4, 0.5) is 0 Å². The summed E-state index contributed by atoms with van der Waals surface area (Å²) in [6, 6.07) is 17.2. The molecule has 4 nitrogen and oxygen atoms in total. The van der Waals surface area contributed by atoms with Gasteiger partial charge in [-0.2, -0.15) is 0 Å². The van der Waals surface area contributed by atoms with E-state index in [9.17, 15) is 4.79 Å². The molecule has 0 radical (unpaired) electrons. The average molecular weight is 372 g/mol. The van der Waals surface area contributed by atoms with Crippen molar-refractivity contribution in [3.8, 4) is 11.5 Å². The standard InChI is InChI=1S/C24H20O4/c1-15-5-4-6-21-19(15)10-11-20-16(14-23(25)28-24(20)21)7-8-17-13-18(26-2)9-12-22(17)27-3/h4-14H,1-3H3/b8-7+. The van der Waals surface area contributed by atoms with Crippen molar-refractivity contribution in [2.75, 3.05) is 14.2 Å². The van der Waals surface area contributed by atoms with E-state index in [1.54, 1.807) is 14.2 Å². The van der Waals surface area contributed by atoms with Crippen LogP contribution in [0.2, 0.25) is 0 Å². The first-order chi connectivity index (χ1) is 13.6.